The van der Waals surface area contributed by atoms with Crippen LogP contribution in [0.5, 0.6) is 0 Å². The van der Waals surface area contributed by atoms with Gasteiger partial charge in [0.1, 0.15) is 0 Å². The van der Waals surface area contributed by atoms with Gasteiger partial charge in [-0.1, -0.05) is 19.9 Å². The lowest BCUT2D eigenvalue weighted by Gasteiger charge is -1.98. The van der Waals surface area contributed by atoms with E-state index in [0.29, 0.717) is 0 Å². The molecule has 0 bridgehead atoms. The van der Waals surface area contributed by atoms with Crippen LogP contribution >= 0.6 is 0 Å². The fraction of sp³-hybridized carbons (Fsp3) is 0.750. The van der Waals surface area contributed by atoms with Crippen LogP contribution in [-0.4, -0.2) is 46.6 Å². The molecule has 0 radical (unpaired) electrons. The van der Waals surface area contributed by atoms with Crippen LogP contribution in [0.2, 0.25) is 0 Å². The molecule has 0 aromatic carbocycles. The number of aliphatic hydroxyl groups excluding tert-OH is 2. The Labute approximate surface area is 109 Å². The topological polar surface area (TPSA) is 130 Å². The van der Waals surface area contributed by atoms with E-state index in [9.17, 15) is 4.79 Å². The average Bonchev–Trinajstić information content (AvgIpc) is 2.38. The Morgan fingerprint density at radius 1 is 1.11 bits per heavy atom. The van der Waals surface area contributed by atoms with Gasteiger partial charge in [-0.05, 0) is 19.8 Å². The Hall–Kier alpha value is -0.950. The first-order valence-electron chi connectivity index (χ1n) is 5.97. The van der Waals surface area contributed by atoms with Gasteiger partial charge in [-0.2, -0.15) is 0 Å². The smallest absolute Gasteiger partial charge is 0.327 e. The lowest BCUT2D eigenvalue weighted by atomic mass is 10.3. The molecule has 0 saturated carbocycles. The van der Waals surface area contributed by atoms with E-state index >= 15 is 0 Å². The summed E-state index contributed by atoms with van der Waals surface area (Å²) in [5.41, 5.74) is 10.4. The zero-order chi connectivity index (χ0) is 15.0. The van der Waals surface area contributed by atoms with E-state index in [0.717, 1.165) is 18.9 Å². The van der Waals surface area contributed by atoms with Crippen LogP contribution in [0, 0.1) is 0 Å². The number of aliphatic carboxylic acids is 1. The Balaban J connectivity index is -0.000000187. The highest BCUT2D eigenvalue weighted by Gasteiger charge is 1.90. The van der Waals surface area contributed by atoms with Gasteiger partial charge in [-0.25, -0.2) is 4.79 Å². The van der Waals surface area contributed by atoms with Crippen molar-refractivity contribution < 1.29 is 20.1 Å². The number of hydrogen-bond donors (Lipinski definition) is 5. The van der Waals surface area contributed by atoms with Gasteiger partial charge in [-0.3, -0.25) is 0 Å². The predicted molar refractivity (Wildman–Crippen MR) is 73.2 cm³/mol. The SMILES string of the molecule is C/C=C/C(=O)O.CCC(N)CO.CCC(N)CO. The molecular weight excluding hydrogens is 236 g/mol. The summed E-state index contributed by atoms with van der Waals surface area (Å²) in [4.78, 5) is 9.51. The van der Waals surface area contributed by atoms with Crippen molar-refractivity contribution in [2.24, 2.45) is 11.5 Å². The van der Waals surface area contributed by atoms with Crippen molar-refractivity contribution in [3.63, 3.8) is 0 Å². The fourth-order valence-electron chi connectivity index (χ4n) is 0.401. The number of rotatable bonds is 5. The number of carbonyl (C=O) groups is 1. The molecule has 2 atom stereocenters. The number of carboxylic acid groups (broad SMARTS) is 1. The highest BCUT2D eigenvalue weighted by molar-refractivity contribution is 5.79. The molecule has 0 aliphatic carbocycles. The third-order valence-electron chi connectivity index (χ3n) is 1.83. The summed E-state index contributed by atoms with van der Waals surface area (Å²) in [5, 5.41) is 24.2. The maximum atomic E-state index is 9.51. The lowest BCUT2D eigenvalue weighted by Crippen LogP contribution is -2.22. The normalized spacial score (nSPS) is 12.8. The Bertz CT molecular complexity index is 181. The molecule has 7 N–H and O–H groups in total. The van der Waals surface area contributed by atoms with Gasteiger partial charge in [0.05, 0.1) is 13.2 Å². The molecule has 0 aromatic rings. The van der Waals surface area contributed by atoms with E-state index in [2.05, 4.69) is 0 Å². The highest BCUT2D eigenvalue weighted by Crippen LogP contribution is 1.79. The van der Waals surface area contributed by atoms with E-state index in [1.54, 1.807) is 6.92 Å². The number of carboxylic acids is 1. The number of aliphatic hydroxyl groups is 2. The van der Waals surface area contributed by atoms with Gasteiger partial charge >= 0.3 is 5.97 Å². The summed E-state index contributed by atoms with van der Waals surface area (Å²) in [7, 11) is 0. The molecular formula is C12H28N2O4. The molecule has 0 spiro atoms. The Kier molecular flexibility index (Phi) is 22.8. The molecule has 18 heavy (non-hydrogen) atoms. The minimum Gasteiger partial charge on any atom is -0.478 e. The second kappa shape index (κ2) is 18.4. The van der Waals surface area contributed by atoms with Gasteiger partial charge < -0.3 is 26.8 Å². The van der Waals surface area contributed by atoms with Gasteiger partial charge in [-0.15, -0.1) is 0 Å². The van der Waals surface area contributed by atoms with Crippen LogP contribution in [0.25, 0.3) is 0 Å². The van der Waals surface area contributed by atoms with Gasteiger partial charge in [0.2, 0.25) is 0 Å². The van der Waals surface area contributed by atoms with E-state index < -0.39 is 5.97 Å². The molecule has 0 aliphatic heterocycles. The van der Waals surface area contributed by atoms with Crippen molar-refractivity contribution in [2.75, 3.05) is 13.2 Å². The van der Waals surface area contributed by atoms with Gasteiger partial charge in [0.15, 0.2) is 0 Å². The monoisotopic (exact) mass is 264 g/mol. The zero-order valence-corrected chi connectivity index (χ0v) is 11.5. The minimum atomic E-state index is -0.891. The predicted octanol–water partition coefficient (Wildman–Crippen LogP) is 0.0791. The number of nitrogens with two attached hydrogens (primary N) is 2. The second-order valence-corrected chi connectivity index (χ2v) is 3.54. The Morgan fingerprint density at radius 3 is 1.44 bits per heavy atom. The van der Waals surface area contributed by atoms with Crippen molar-refractivity contribution in [3.05, 3.63) is 12.2 Å². The van der Waals surface area contributed by atoms with E-state index in [1.807, 2.05) is 13.8 Å². The van der Waals surface area contributed by atoms with Crippen LogP contribution in [0.3, 0.4) is 0 Å². The average molecular weight is 264 g/mol. The summed E-state index contributed by atoms with van der Waals surface area (Å²) in [5.74, 6) is -0.891. The number of hydrogen-bond acceptors (Lipinski definition) is 5. The van der Waals surface area contributed by atoms with Crippen molar-refractivity contribution in [3.8, 4) is 0 Å². The molecule has 0 fully saturated rings. The first-order chi connectivity index (χ1) is 8.39. The zero-order valence-electron chi connectivity index (χ0n) is 11.5. The van der Waals surface area contributed by atoms with Crippen LogP contribution in [-0.2, 0) is 4.79 Å². The van der Waals surface area contributed by atoms with Crippen LogP contribution in [0.1, 0.15) is 33.6 Å². The van der Waals surface area contributed by atoms with E-state index in [1.165, 1.54) is 6.08 Å². The summed E-state index contributed by atoms with van der Waals surface area (Å²) >= 11 is 0. The molecule has 0 amide bonds. The molecule has 0 heterocycles. The van der Waals surface area contributed by atoms with Crippen molar-refractivity contribution in [1.29, 1.82) is 0 Å². The van der Waals surface area contributed by atoms with Gasteiger partial charge in [0, 0.05) is 18.2 Å². The van der Waals surface area contributed by atoms with Crippen LogP contribution in [0.15, 0.2) is 12.2 Å². The molecule has 0 rings (SSSR count). The van der Waals surface area contributed by atoms with Crippen molar-refractivity contribution >= 4 is 5.97 Å². The van der Waals surface area contributed by atoms with E-state index in [4.69, 9.17) is 26.8 Å². The first-order valence-corrected chi connectivity index (χ1v) is 5.97. The summed E-state index contributed by atoms with van der Waals surface area (Å²) in [6, 6.07) is -0.0185. The minimum absolute atomic E-state index is 0.00926. The van der Waals surface area contributed by atoms with E-state index in [-0.39, 0.29) is 25.3 Å². The molecule has 0 aromatic heterocycles. The quantitative estimate of drug-likeness (QED) is 0.447. The van der Waals surface area contributed by atoms with Crippen LogP contribution in [0.4, 0.5) is 0 Å². The Morgan fingerprint density at radius 2 is 1.44 bits per heavy atom. The molecule has 6 heteroatoms. The molecule has 0 saturated heterocycles. The molecule has 6 nitrogen and oxygen atoms in total. The van der Waals surface area contributed by atoms with Crippen molar-refractivity contribution in [1.82, 2.24) is 0 Å². The largest absolute Gasteiger partial charge is 0.478 e. The highest BCUT2D eigenvalue weighted by atomic mass is 16.4. The van der Waals surface area contributed by atoms with Crippen LogP contribution < -0.4 is 11.5 Å². The summed E-state index contributed by atoms with van der Waals surface area (Å²) < 4.78 is 0. The third kappa shape index (κ3) is 29.4. The summed E-state index contributed by atoms with van der Waals surface area (Å²) in [6.07, 6.45) is 4.27. The molecule has 0 aliphatic rings. The standard InChI is InChI=1S/2C4H11NO.C4H6O2/c2*1-2-4(5)3-6;1-2-3-4(5)6/h2*4,6H,2-3,5H2,1H3;2-3H,1H3,(H,5,6)/b;;3-2+. The second-order valence-electron chi connectivity index (χ2n) is 3.54. The maximum Gasteiger partial charge on any atom is 0.327 e. The summed E-state index contributed by atoms with van der Waals surface area (Å²) in [6.45, 7) is 5.77. The first kappa shape index (κ1) is 22.2. The lowest BCUT2D eigenvalue weighted by molar-refractivity contribution is -0.131. The van der Waals surface area contributed by atoms with Gasteiger partial charge in [0.25, 0.3) is 0 Å². The van der Waals surface area contributed by atoms with Crippen molar-refractivity contribution in [2.45, 2.75) is 45.7 Å². The fourth-order valence-corrected chi connectivity index (χ4v) is 0.401. The number of allylic oxidation sites excluding steroid dienone is 1. The molecule has 110 valence electrons. The third-order valence-corrected chi connectivity index (χ3v) is 1.83. The molecule has 2 unspecified atom stereocenters. The maximum absolute atomic E-state index is 9.51.